The second-order valence-electron chi connectivity index (χ2n) is 7.27. The van der Waals surface area contributed by atoms with Crippen molar-refractivity contribution in [1.29, 1.82) is 0 Å². The summed E-state index contributed by atoms with van der Waals surface area (Å²) in [7, 11) is 2.96. The number of halogens is 1. The van der Waals surface area contributed by atoms with E-state index in [2.05, 4.69) is 15.8 Å². The van der Waals surface area contributed by atoms with Crippen LogP contribution in [-0.4, -0.2) is 38.9 Å². The molecular weight excluding hydrogens is 486 g/mol. The smallest absolute Gasteiger partial charge is 0.329 e. The maximum absolute atomic E-state index is 12.2. The molecule has 0 atom stereocenters. The van der Waals surface area contributed by atoms with E-state index in [0.29, 0.717) is 52.5 Å². The third-order valence-electron chi connectivity index (χ3n) is 4.82. The Morgan fingerprint density at radius 3 is 2.36 bits per heavy atom. The van der Waals surface area contributed by atoms with Crippen LogP contribution in [0.5, 0.6) is 23.0 Å². The number of benzene rings is 3. The monoisotopic (exact) mass is 511 g/mol. The van der Waals surface area contributed by atoms with Crippen LogP contribution in [0.1, 0.15) is 18.1 Å². The van der Waals surface area contributed by atoms with Crippen molar-refractivity contribution >= 4 is 35.3 Å². The molecule has 0 heterocycles. The Labute approximate surface area is 214 Å². The highest BCUT2D eigenvalue weighted by atomic mass is 35.5. The molecule has 2 N–H and O–H groups in total. The van der Waals surface area contributed by atoms with Crippen molar-refractivity contribution < 1.29 is 28.5 Å². The van der Waals surface area contributed by atoms with Crippen molar-refractivity contribution in [1.82, 2.24) is 5.43 Å². The first-order valence-electron chi connectivity index (χ1n) is 10.9. The van der Waals surface area contributed by atoms with Gasteiger partial charge >= 0.3 is 11.8 Å². The topological polar surface area (TPSA) is 107 Å². The third kappa shape index (κ3) is 7.38. The minimum absolute atomic E-state index is 0.318. The van der Waals surface area contributed by atoms with Crippen molar-refractivity contribution in [3.8, 4) is 23.0 Å². The van der Waals surface area contributed by atoms with Crippen LogP contribution in [0.15, 0.2) is 65.8 Å². The summed E-state index contributed by atoms with van der Waals surface area (Å²) in [6.45, 7) is 2.64. The maximum Gasteiger partial charge on any atom is 0.329 e. The largest absolute Gasteiger partial charge is 0.497 e. The van der Waals surface area contributed by atoms with Gasteiger partial charge in [0.05, 0.1) is 32.7 Å². The molecule has 0 aromatic heterocycles. The Balaban J connectivity index is 1.60. The molecule has 0 aliphatic carbocycles. The first-order chi connectivity index (χ1) is 17.4. The normalized spacial score (nSPS) is 10.6. The van der Waals surface area contributed by atoms with Crippen LogP contribution < -0.4 is 29.7 Å². The molecule has 9 nitrogen and oxygen atoms in total. The number of ether oxygens (including phenoxy) is 4. The number of carbonyl (C=O) groups excluding carboxylic acids is 2. The molecule has 2 amide bonds. The molecule has 0 saturated carbocycles. The Morgan fingerprint density at radius 2 is 1.67 bits per heavy atom. The summed E-state index contributed by atoms with van der Waals surface area (Å²) >= 11 is 5.92. The van der Waals surface area contributed by atoms with Gasteiger partial charge in [0, 0.05) is 11.1 Å². The molecule has 0 bridgehead atoms. The Hall–Kier alpha value is -4.24. The molecular formula is C26H26ClN3O6. The molecule has 36 heavy (non-hydrogen) atoms. The highest BCUT2D eigenvalue weighted by molar-refractivity contribution is 6.39. The van der Waals surface area contributed by atoms with Crippen molar-refractivity contribution in [2.75, 3.05) is 26.1 Å². The first-order valence-corrected chi connectivity index (χ1v) is 11.3. The van der Waals surface area contributed by atoms with Gasteiger partial charge in [-0.2, -0.15) is 5.10 Å². The number of rotatable bonds is 10. The van der Waals surface area contributed by atoms with Gasteiger partial charge in [-0.05, 0) is 60.5 Å². The van der Waals surface area contributed by atoms with Crippen molar-refractivity contribution in [3.63, 3.8) is 0 Å². The number of carbonyl (C=O) groups is 2. The first kappa shape index (κ1) is 26.4. The van der Waals surface area contributed by atoms with E-state index in [9.17, 15) is 9.59 Å². The van der Waals surface area contributed by atoms with Gasteiger partial charge in [0.2, 0.25) is 0 Å². The lowest BCUT2D eigenvalue weighted by Crippen LogP contribution is -2.32. The van der Waals surface area contributed by atoms with Crippen molar-refractivity contribution in [2.45, 2.75) is 13.5 Å². The molecule has 3 aromatic carbocycles. The molecule has 10 heteroatoms. The number of nitrogens with zero attached hydrogens (tertiary/aromatic N) is 1. The highest BCUT2D eigenvalue weighted by Crippen LogP contribution is 2.30. The molecule has 188 valence electrons. The number of anilines is 1. The van der Waals surface area contributed by atoms with E-state index in [1.807, 2.05) is 19.1 Å². The summed E-state index contributed by atoms with van der Waals surface area (Å²) in [4.78, 5) is 24.4. The zero-order valence-electron chi connectivity index (χ0n) is 20.0. The SMILES string of the molecule is CCOc1cc(/C=N/NC(=O)C(=O)Nc2ccc(OC)cc2OC)ccc1OCc1ccc(Cl)cc1. The quantitative estimate of drug-likeness (QED) is 0.237. The number of hydrogen-bond donors (Lipinski definition) is 2. The van der Waals surface area contributed by atoms with Crippen LogP contribution in [0.3, 0.4) is 0 Å². The lowest BCUT2D eigenvalue weighted by atomic mass is 10.2. The van der Waals surface area contributed by atoms with Gasteiger partial charge in [-0.25, -0.2) is 5.43 Å². The van der Waals surface area contributed by atoms with E-state index < -0.39 is 11.8 Å². The van der Waals surface area contributed by atoms with Crippen LogP contribution in [-0.2, 0) is 16.2 Å². The van der Waals surface area contributed by atoms with E-state index in [-0.39, 0.29) is 0 Å². The fraction of sp³-hybridized carbons (Fsp3) is 0.192. The number of hydrogen-bond acceptors (Lipinski definition) is 7. The van der Waals surface area contributed by atoms with Crippen LogP contribution >= 0.6 is 11.6 Å². The van der Waals surface area contributed by atoms with E-state index in [1.54, 1.807) is 48.5 Å². The van der Waals surface area contributed by atoms with Crippen molar-refractivity contribution in [3.05, 3.63) is 76.8 Å². The summed E-state index contributed by atoms with van der Waals surface area (Å²) in [6, 6.07) is 17.4. The summed E-state index contributed by atoms with van der Waals surface area (Å²) in [5, 5.41) is 6.99. The van der Waals surface area contributed by atoms with Gasteiger partial charge in [0.15, 0.2) is 11.5 Å². The fourth-order valence-corrected chi connectivity index (χ4v) is 3.16. The third-order valence-corrected chi connectivity index (χ3v) is 5.07. The minimum Gasteiger partial charge on any atom is -0.497 e. The fourth-order valence-electron chi connectivity index (χ4n) is 3.03. The Morgan fingerprint density at radius 1 is 0.889 bits per heavy atom. The predicted molar refractivity (Wildman–Crippen MR) is 137 cm³/mol. The summed E-state index contributed by atoms with van der Waals surface area (Å²) in [5.41, 5.74) is 4.11. The summed E-state index contributed by atoms with van der Waals surface area (Å²) in [6.07, 6.45) is 1.39. The molecule has 0 unspecified atom stereocenters. The molecule has 3 aromatic rings. The number of methoxy groups -OCH3 is 2. The number of nitrogens with one attached hydrogen (secondary N) is 2. The van der Waals surface area contributed by atoms with Gasteiger partial charge in [-0.1, -0.05) is 23.7 Å². The molecule has 0 radical (unpaired) electrons. The maximum atomic E-state index is 12.2. The molecule has 0 spiro atoms. The highest BCUT2D eigenvalue weighted by Gasteiger charge is 2.16. The number of hydrazone groups is 1. The van der Waals surface area contributed by atoms with E-state index in [0.717, 1.165) is 5.56 Å². The average molecular weight is 512 g/mol. The Bertz CT molecular complexity index is 1230. The zero-order chi connectivity index (χ0) is 25.9. The minimum atomic E-state index is -0.947. The van der Waals surface area contributed by atoms with Gasteiger partial charge in [0.1, 0.15) is 18.1 Å². The van der Waals surface area contributed by atoms with Crippen LogP contribution in [0, 0.1) is 0 Å². The summed E-state index contributed by atoms with van der Waals surface area (Å²) in [5.74, 6) is 0.119. The van der Waals surface area contributed by atoms with Gasteiger partial charge in [-0.3, -0.25) is 9.59 Å². The van der Waals surface area contributed by atoms with Crippen LogP contribution in [0.4, 0.5) is 5.69 Å². The van der Waals surface area contributed by atoms with Gasteiger partial charge in [-0.15, -0.1) is 0 Å². The molecule has 0 aliphatic rings. The predicted octanol–water partition coefficient (Wildman–Crippen LogP) is 4.42. The van der Waals surface area contributed by atoms with E-state index in [1.165, 1.54) is 20.4 Å². The molecule has 3 rings (SSSR count). The van der Waals surface area contributed by atoms with E-state index in [4.69, 9.17) is 30.5 Å². The molecule has 0 aliphatic heterocycles. The zero-order valence-corrected chi connectivity index (χ0v) is 20.8. The molecule has 0 fully saturated rings. The summed E-state index contributed by atoms with van der Waals surface area (Å²) < 4.78 is 21.9. The average Bonchev–Trinajstić information content (AvgIpc) is 2.89. The van der Waals surface area contributed by atoms with Crippen LogP contribution in [0.25, 0.3) is 0 Å². The standard InChI is InChI=1S/C26H26ClN3O6/c1-4-35-24-13-18(7-12-22(24)36-16-17-5-8-19(27)9-6-17)15-28-30-26(32)25(31)29-21-11-10-20(33-2)14-23(21)34-3/h5-15H,4,16H2,1-3H3,(H,29,31)(H,30,32)/b28-15+. The lowest BCUT2D eigenvalue weighted by molar-refractivity contribution is -0.136. The van der Waals surface area contributed by atoms with E-state index >= 15 is 0 Å². The Kier molecular flexibility index (Phi) is 9.53. The second-order valence-corrected chi connectivity index (χ2v) is 7.71. The van der Waals surface area contributed by atoms with Gasteiger partial charge < -0.3 is 24.3 Å². The van der Waals surface area contributed by atoms with Crippen LogP contribution in [0.2, 0.25) is 5.02 Å². The van der Waals surface area contributed by atoms with Crippen molar-refractivity contribution in [2.24, 2.45) is 5.10 Å². The van der Waals surface area contributed by atoms with Gasteiger partial charge in [0.25, 0.3) is 0 Å². The lowest BCUT2D eigenvalue weighted by Gasteiger charge is -2.13. The number of amides is 2. The second kappa shape index (κ2) is 13.0. The molecule has 0 saturated heterocycles.